The lowest BCUT2D eigenvalue weighted by Gasteiger charge is -2.16. The molecule has 6 heteroatoms. The van der Waals surface area contributed by atoms with E-state index in [9.17, 15) is 9.59 Å². The normalized spacial score (nSPS) is 11.1. The molecule has 0 spiro atoms. The lowest BCUT2D eigenvalue weighted by molar-refractivity contribution is -0.146. The molecule has 0 saturated heterocycles. The molecule has 0 fully saturated rings. The molecule has 1 atom stereocenters. The summed E-state index contributed by atoms with van der Waals surface area (Å²) in [6, 6.07) is 27.4. The first-order valence-corrected chi connectivity index (χ1v) is 9.77. The molecule has 0 saturated carbocycles. The van der Waals surface area contributed by atoms with Gasteiger partial charge in [-0.2, -0.15) is 5.26 Å². The van der Waals surface area contributed by atoms with Crippen LogP contribution in [0.25, 0.3) is 0 Å². The van der Waals surface area contributed by atoms with Crippen molar-refractivity contribution in [3.05, 3.63) is 96.1 Å². The fraction of sp³-hybridized carbons (Fsp3) is 0.0870. The highest BCUT2D eigenvalue weighted by Crippen LogP contribution is 2.36. The molecular formula is C23H18N2O3S. The number of hydrogen-bond acceptors (Lipinski definition) is 5. The first kappa shape index (κ1) is 20.2. The van der Waals surface area contributed by atoms with Crippen molar-refractivity contribution in [1.82, 2.24) is 0 Å². The van der Waals surface area contributed by atoms with E-state index in [1.54, 1.807) is 24.3 Å². The van der Waals surface area contributed by atoms with Crippen LogP contribution in [0.2, 0.25) is 0 Å². The van der Waals surface area contributed by atoms with Gasteiger partial charge in [-0.3, -0.25) is 9.59 Å². The summed E-state index contributed by atoms with van der Waals surface area (Å²) in [5.41, 5.74) is 1.71. The Morgan fingerprint density at radius 2 is 1.66 bits per heavy atom. The zero-order chi connectivity index (χ0) is 20.5. The second kappa shape index (κ2) is 10.1. The first-order valence-electron chi connectivity index (χ1n) is 8.89. The monoisotopic (exact) mass is 402 g/mol. The number of rotatable bonds is 7. The van der Waals surface area contributed by atoms with Crippen LogP contribution in [-0.2, 0) is 14.3 Å². The predicted molar refractivity (Wildman–Crippen MR) is 112 cm³/mol. The van der Waals surface area contributed by atoms with Crippen molar-refractivity contribution in [2.45, 2.75) is 10.1 Å². The lowest BCUT2D eigenvalue weighted by atomic mass is 10.1. The number of nitrogens with one attached hydrogen (secondary N) is 1. The molecule has 0 unspecified atom stereocenters. The van der Waals surface area contributed by atoms with E-state index in [2.05, 4.69) is 5.32 Å². The third-order valence-corrected chi connectivity index (χ3v) is 5.18. The minimum Gasteiger partial charge on any atom is -0.454 e. The molecule has 1 N–H and O–H groups in total. The number of carbonyl (C=O) groups excluding carboxylic acids is 2. The molecule has 3 aromatic carbocycles. The van der Waals surface area contributed by atoms with Crippen molar-refractivity contribution in [1.29, 1.82) is 5.26 Å². The lowest BCUT2D eigenvalue weighted by Crippen LogP contribution is -2.23. The Hall–Kier alpha value is -3.56. The zero-order valence-corrected chi connectivity index (χ0v) is 16.3. The number of carbonyl (C=O) groups is 2. The van der Waals surface area contributed by atoms with Gasteiger partial charge in [-0.05, 0) is 35.9 Å². The molecule has 0 bridgehead atoms. The molecule has 144 valence electrons. The van der Waals surface area contributed by atoms with Gasteiger partial charge < -0.3 is 10.1 Å². The van der Waals surface area contributed by atoms with Gasteiger partial charge in [0.05, 0.1) is 11.6 Å². The van der Waals surface area contributed by atoms with E-state index >= 15 is 0 Å². The van der Waals surface area contributed by atoms with Crippen LogP contribution < -0.4 is 5.32 Å². The maximum absolute atomic E-state index is 12.7. The fourth-order valence-electron chi connectivity index (χ4n) is 2.59. The molecule has 1 amide bonds. The highest BCUT2D eigenvalue weighted by Gasteiger charge is 2.24. The van der Waals surface area contributed by atoms with Crippen molar-refractivity contribution in [3.8, 4) is 6.07 Å². The number of esters is 1. The van der Waals surface area contributed by atoms with E-state index in [1.807, 2.05) is 66.7 Å². The van der Waals surface area contributed by atoms with Crippen molar-refractivity contribution in [2.24, 2.45) is 0 Å². The summed E-state index contributed by atoms with van der Waals surface area (Å²) in [6.45, 7) is -0.408. The molecule has 0 aromatic heterocycles. The minimum atomic E-state index is -0.590. The van der Waals surface area contributed by atoms with E-state index in [0.29, 0.717) is 11.3 Å². The summed E-state index contributed by atoms with van der Waals surface area (Å²) in [5, 5.41) is 11.0. The molecule has 3 rings (SSSR count). The average Bonchev–Trinajstić information content (AvgIpc) is 2.77. The van der Waals surface area contributed by atoms with Crippen LogP contribution in [0.1, 0.15) is 16.4 Å². The third-order valence-electron chi connectivity index (χ3n) is 3.93. The number of nitrogens with zero attached hydrogens (tertiary/aromatic N) is 1. The smallest absolute Gasteiger partial charge is 0.324 e. The number of benzene rings is 3. The average molecular weight is 402 g/mol. The summed E-state index contributed by atoms with van der Waals surface area (Å²) >= 11 is 1.37. The number of amides is 1. The molecule has 3 aromatic rings. The van der Waals surface area contributed by atoms with E-state index in [0.717, 1.165) is 10.5 Å². The molecule has 0 radical (unpaired) electrons. The highest BCUT2D eigenvalue weighted by atomic mass is 32.2. The topological polar surface area (TPSA) is 79.2 Å². The highest BCUT2D eigenvalue weighted by molar-refractivity contribution is 8.00. The van der Waals surface area contributed by atoms with Gasteiger partial charge in [-0.15, -0.1) is 11.8 Å². The molecule has 0 aliphatic carbocycles. The summed E-state index contributed by atoms with van der Waals surface area (Å²) in [7, 11) is 0. The predicted octanol–water partition coefficient (Wildman–Crippen LogP) is 4.57. The Kier molecular flexibility index (Phi) is 7.04. The molecule has 0 heterocycles. The number of ether oxygens (including phenoxy) is 1. The Labute approximate surface area is 173 Å². The maximum atomic E-state index is 12.7. The van der Waals surface area contributed by atoms with Crippen molar-refractivity contribution >= 4 is 29.3 Å². The van der Waals surface area contributed by atoms with Gasteiger partial charge in [0.15, 0.2) is 6.61 Å². The van der Waals surface area contributed by atoms with Crippen LogP contribution in [0, 0.1) is 11.3 Å². The van der Waals surface area contributed by atoms with Crippen molar-refractivity contribution in [3.63, 3.8) is 0 Å². The number of hydrogen-bond donors (Lipinski definition) is 1. The number of thioether (sulfide) groups is 1. The molecule has 0 aliphatic heterocycles. The molecule has 5 nitrogen and oxygen atoms in total. The molecule has 29 heavy (non-hydrogen) atoms. The van der Waals surface area contributed by atoms with Gasteiger partial charge >= 0.3 is 5.97 Å². The Morgan fingerprint density at radius 1 is 0.966 bits per heavy atom. The maximum Gasteiger partial charge on any atom is 0.324 e. The Morgan fingerprint density at radius 3 is 2.34 bits per heavy atom. The quantitative estimate of drug-likeness (QED) is 0.462. The van der Waals surface area contributed by atoms with E-state index in [-0.39, 0.29) is 0 Å². The van der Waals surface area contributed by atoms with Crippen LogP contribution in [0.3, 0.4) is 0 Å². The second-order valence-corrected chi connectivity index (χ2v) is 7.25. The minimum absolute atomic E-state index is 0.408. The van der Waals surface area contributed by atoms with Crippen LogP contribution in [0.15, 0.2) is 89.8 Å². The zero-order valence-electron chi connectivity index (χ0n) is 15.4. The van der Waals surface area contributed by atoms with Gasteiger partial charge in [-0.25, -0.2) is 0 Å². The Balaban J connectivity index is 1.65. The number of anilines is 1. The van der Waals surface area contributed by atoms with Gasteiger partial charge in [-0.1, -0.05) is 54.6 Å². The van der Waals surface area contributed by atoms with Crippen molar-refractivity contribution in [2.75, 3.05) is 11.9 Å². The third kappa shape index (κ3) is 5.96. The summed E-state index contributed by atoms with van der Waals surface area (Å²) in [6.07, 6.45) is 0. The summed E-state index contributed by atoms with van der Waals surface area (Å²) < 4.78 is 5.28. The van der Waals surface area contributed by atoms with Gasteiger partial charge in [0.25, 0.3) is 5.91 Å². The van der Waals surface area contributed by atoms with Crippen LogP contribution in [0.5, 0.6) is 0 Å². The van der Waals surface area contributed by atoms with Gasteiger partial charge in [0.1, 0.15) is 5.25 Å². The van der Waals surface area contributed by atoms with Crippen molar-refractivity contribution < 1.29 is 14.3 Å². The summed E-state index contributed by atoms with van der Waals surface area (Å²) in [4.78, 5) is 25.8. The molecular weight excluding hydrogens is 384 g/mol. The van der Waals surface area contributed by atoms with Crippen LogP contribution in [-0.4, -0.2) is 18.5 Å². The first-order chi connectivity index (χ1) is 14.2. The van der Waals surface area contributed by atoms with Crippen LogP contribution in [0.4, 0.5) is 5.69 Å². The Bertz CT molecular complexity index is 1020. The molecule has 0 aliphatic rings. The standard InChI is InChI=1S/C23H18N2O3S/c24-15-17-8-7-11-19(14-17)25-21(26)16-28-23(27)22(18-9-3-1-4-10-18)29-20-12-5-2-6-13-20/h1-14,22H,16H2,(H,25,26)/t22-/m0/s1. The largest absolute Gasteiger partial charge is 0.454 e. The SMILES string of the molecule is N#Cc1cccc(NC(=O)COC(=O)[C@@H](Sc2ccccc2)c2ccccc2)c1. The van der Waals surface area contributed by atoms with E-state index in [4.69, 9.17) is 10.00 Å². The fourth-order valence-corrected chi connectivity index (χ4v) is 3.64. The van der Waals surface area contributed by atoms with Gasteiger partial charge in [0.2, 0.25) is 0 Å². The van der Waals surface area contributed by atoms with Crippen LogP contribution >= 0.6 is 11.8 Å². The summed E-state index contributed by atoms with van der Waals surface area (Å²) in [5.74, 6) is -0.962. The van der Waals surface area contributed by atoms with E-state index in [1.165, 1.54) is 11.8 Å². The van der Waals surface area contributed by atoms with E-state index < -0.39 is 23.7 Å². The number of nitriles is 1. The second-order valence-electron chi connectivity index (χ2n) is 6.07. The van der Waals surface area contributed by atoms with Gasteiger partial charge in [0, 0.05) is 10.6 Å².